The summed E-state index contributed by atoms with van der Waals surface area (Å²) < 4.78 is 0. The molecule has 0 nitrogen and oxygen atoms in total. The Labute approximate surface area is 206 Å². The average Bonchev–Trinajstić information content (AvgIpc) is 2.81. The molecule has 0 aromatic carbocycles. The summed E-state index contributed by atoms with van der Waals surface area (Å²) >= 11 is 0. The van der Waals surface area contributed by atoms with Gasteiger partial charge in [-0.2, -0.15) is 0 Å². The van der Waals surface area contributed by atoms with E-state index in [2.05, 4.69) is 97.7 Å². The van der Waals surface area contributed by atoms with Gasteiger partial charge in [0.1, 0.15) is 0 Å². The first-order chi connectivity index (χ1) is 16.2. The number of unbranched alkanes of at least 4 members (excludes halogenated alkanes) is 12. The molecule has 0 rings (SSSR count). The highest BCUT2D eigenvalue weighted by Gasteiger charge is 1.95. The Morgan fingerprint density at radius 2 is 0.818 bits per heavy atom. The van der Waals surface area contributed by atoms with E-state index in [1.54, 1.807) is 6.92 Å². The van der Waals surface area contributed by atoms with Crippen molar-refractivity contribution in [2.75, 3.05) is 0 Å². The summed E-state index contributed by atoms with van der Waals surface area (Å²) in [6, 6.07) is 0. The zero-order valence-corrected chi connectivity index (χ0v) is 21.6. The predicted molar refractivity (Wildman–Crippen MR) is 146 cm³/mol. The van der Waals surface area contributed by atoms with Crippen LogP contribution in [0, 0.1) is 89.3 Å². The van der Waals surface area contributed by atoms with E-state index in [1.165, 1.54) is 89.9 Å². The van der Waals surface area contributed by atoms with E-state index in [-0.39, 0.29) is 0 Å². The van der Waals surface area contributed by atoms with Crippen LogP contribution in [0.2, 0.25) is 0 Å². The quantitative estimate of drug-likeness (QED) is 0.192. The summed E-state index contributed by atoms with van der Waals surface area (Å²) in [6.07, 6.45) is 25.3. The van der Waals surface area contributed by atoms with Gasteiger partial charge >= 0.3 is 0 Å². The molecule has 0 bridgehead atoms. The first kappa shape index (κ1) is 32.1. The monoisotopic (exact) mass is 438 g/mol. The summed E-state index contributed by atoms with van der Waals surface area (Å²) in [4.78, 5) is 0. The summed E-state index contributed by atoms with van der Waals surface area (Å²) in [5, 5.41) is 0. The van der Waals surface area contributed by atoms with Crippen LogP contribution < -0.4 is 0 Å². The molecule has 0 atom stereocenters. The lowest BCUT2D eigenvalue weighted by Gasteiger charge is -2.04. The fourth-order valence-electron chi connectivity index (χ4n) is 2.95. The van der Waals surface area contributed by atoms with Crippen LogP contribution in [-0.4, -0.2) is 0 Å². The third kappa shape index (κ3) is 36.6. The van der Waals surface area contributed by atoms with E-state index in [1.807, 2.05) is 0 Å². The highest BCUT2D eigenvalue weighted by atomic mass is 14.0. The molecule has 33 heavy (non-hydrogen) atoms. The second kappa shape index (κ2) is 31.1. The summed E-state index contributed by atoms with van der Waals surface area (Å²) in [5.74, 6) is 32.8. The molecule has 0 N–H and O–H groups in total. The van der Waals surface area contributed by atoms with E-state index >= 15 is 0 Å². The van der Waals surface area contributed by atoms with E-state index in [0.29, 0.717) is 0 Å². The van der Waals surface area contributed by atoms with E-state index < -0.39 is 0 Å². The first-order valence-corrected chi connectivity index (χ1v) is 12.6. The normalized spacial score (nSPS) is 7.88. The molecule has 0 spiro atoms. The van der Waals surface area contributed by atoms with Gasteiger partial charge in [-0.25, -0.2) is 0 Å². The molecule has 0 heteroatoms. The lowest BCUT2D eigenvalue weighted by molar-refractivity contribution is 0.503. The van der Waals surface area contributed by atoms with Gasteiger partial charge < -0.3 is 0 Å². The van der Waals surface area contributed by atoms with Gasteiger partial charge in [0.25, 0.3) is 0 Å². The molecule has 174 valence electrons. The minimum atomic E-state index is 0.901. The van der Waals surface area contributed by atoms with Crippen molar-refractivity contribution in [3.8, 4) is 83.4 Å². The maximum absolute atomic E-state index is 4.87. The van der Waals surface area contributed by atoms with Gasteiger partial charge in [0, 0.05) is 0 Å². The van der Waals surface area contributed by atoms with Gasteiger partial charge in [0.2, 0.25) is 0 Å². The Balaban J connectivity index is 0. The predicted octanol–water partition coefficient (Wildman–Crippen LogP) is 7.78. The lowest BCUT2D eigenvalue weighted by atomic mass is 10.0. The summed E-state index contributed by atoms with van der Waals surface area (Å²) in [7, 11) is 0. The molecule has 0 aliphatic rings. The molecule has 0 unspecified atom stereocenters. The van der Waals surface area contributed by atoms with E-state index in [0.717, 1.165) is 5.92 Å². The van der Waals surface area contributed by atoms with Crippen molar-refractivity contribution in [3.63, 3.8) is 0 Å². The highest BCUT2D eigenvalue weighted by molar-refractivity contribution is 5.44. The van der Waals surface area contributed by atoms with E-state index in [9.17, 15) is 0 Å². The molecule has 0 amide bonds. The minimum Gasteiger partial charge on any atom is -0.106 e. The van der Waals surface area contributed by atoms with Crippen LogP contribution in [0.15, 0.2) is 0 Å². The van der Waals surface area contributed by atoms with Crippen LogP contribution in [0.1, 0.15) is 118 Å². The Bertz CT molecular complexity index is 868. The van der Waals surface area contributed by atoms with Crippen LogP contribution in [-0.2, 0) is 0 Å². The molecule has 0 radical (unpaired) electrons. The van der Waals surface area contributed by atoms with Crippen LogP contribution in [0.3, 0.4) is 0 Å². The van der Waals surface area contributed by atoms with Crippen molar-refractivity contribution in [2.45, 2.75) is 118 Å². The van der Waals surface area contributed by atoms with Crippen LogP contribution in [0.5, 0.6) is 0 Å². The number of terminal acetylenes is 1. The van der Waals surface area contributed by atoms with Crippen molar-refractivity contribution in [2.24, 2.45) is 5.92 Å². The second-order valence-electron chi connectivity index (χ2n) is 8.19. The topological polar surface area (TPSA) is 0 Å². The smallest absolute Gasteiger partial charge is 0.0000000000144 e. The molecule has 0 saturated heterocycles. The van der Waals surface area contributed by atoms with Gasteiger partial charge in [-0.15, -0.1) is 6.42 Å². The standard InChI is InChI=1S/C18H38.C15H4/c1-4-5-6-7-8-9-10-11-12-13-14-15-16-17-18(2)3;1-3-5-7-9-11-13-15-14-12-10-8-6-4-2/h18H,4-17H2,1-3H3;1H,2H3. The molecule has 0 fully saturated rings. The molecule has 0 aromatic heterocycles. The lowest BCUT2D eigenvalue weighted by Crippen LogP contribution is -1.87. The van der Waals surface area contributed by atoms with E-state index in [4.69, 9.17) is 6.42 Å². The third-order valence-electron chi connectivity index (χ3n) is 4.71. The SMILES string of the molecule is C#CC#CC#CC#CC#CC#CC#CC.CCCCCCCCCCCCCCCC(C)C. The molecule has 0 aromatic rings. The van der Waals surface area contributed by atoms with Crippen molar-refractivity contribution >= 4 is 0 Å². The van der Waals surface area contributed by atoms with Gasteiger partial charge in [0.15, 0.2) is 0 Å². The fourth-order valence-corrected chi connectivity index (χ4v) is 2.95. The average molecular weight is 439 g/mol. The Hall–Kier alpha value is -3.08. The van der Waals surface area contributed by atoms with Crippen LogP contribution >= 0.6 is 0 Å². The third-order valence-corrected chi connectivity index (χ3v) is 4.71. The Kier molecular flexibility index (Phi) is 30.3. The van der Waals surface area contributed by atoms with Crippen molar-refractivity contribution < 1.29 is 0 Å². The molecule has 0 aliphatic heterocycles. The van der Waals surface area contributed by atoms with Crippen molar-refractivity contribution in [1.82, 2.24) is 0 Å². The van der Waals surface area contributed by atoms with Crippen LogP contribution in [0.25, 0.3) is 0 Å². The highest BCUT2D eigenvalue weighted by Crippen LogP contribution is 2.14. The summed E-state index contributed by atoms with van der Waals surface area (Å²) in [5.41, 5.74) is 0. The zero-order chi connectivity index (χ0) is 24.7. The minimum absolute atomic E-state index is 0.901. The number of hydrogen-bond acceptors (Lipinski definition) is 0. The largest absolute Gasteiger partial charge is 0.106 e. The Morgan fingerprint density at radius 3 is 1.15 bits per heavy atom. The molecule has 0 saturated carbocycles. The summed E-state index contributed by atoms with van der Waals surface area (Å²) in [6.45, 7) is 8.66. The first-order valence-electron chi connectivity index (χ1n) is 12.6. The second-order valence-corrected chi connectivity index (χ2v) is 8.19. The van der Waals surface area contributed by atoms with Gasteiger partial charge in [0.05, 0.1) is 0 Å². The number of rotatable bonds is 14. The molecular weight excluding hydrogens is 396 g/mol. The zero-order valence-electron chi connectivity index (χ0n) is 21.6. The fraction of sp³-hybridized carbons (Fsp3) is 0.576. The number of hydrogen-bond donors (Lipinski definition) is 0. The molecular formula is C33H42. The molecule has 0 aliphatic carbocycles. The van der Waals surface area contributed by atoms with Crippen LogP contribution in [0.4, 0.5) is 0 Å². The van der Waals surface area contributed by atoms with Crippen molar-refractivity contribution in [3.05, 3.63) is 0 Å². The van der Waals surface area contributed by atoms with Gasteiger partial charge in [-0.05, 0) is 83.9 Å². The van der Waals surface area contributed by atoms with Crippen molar-refractivity contribution in [1.29, 1.82) is 0 Å². The Morgan fingerprint density at radius 1 is 0.485 bits per heavy atom. The van der Waals surface area contributed by atoms with Gasteiger partial charge in [-0.1, -0.05) is 117 Å². The maximum atomic E-state index is 4.87. The molecule has 0 heterocycles. The maximum Gasteiger partial charge on any atom is -0.0000000000144 e. The van der Waals surface area contributed by atoms with Gasteiger partial charge in [-0.3, -0.25) is 0 Å².